The molecule has 24 heavy (non-hydrogen) atoms. The number of rotatable bonds is 5. The molecule has 0 spiro atoms. The van der Waals surface area contributed by atoms with Gasteiger partial charge in [0.05, 0.1) is 24.0 Å². The van der Waals surface area contributed by atoms with Gasteiger partial charge in [0, 0.05) is 32.7 Å². The second-order valence-electron chi connectivity index (χ2n) is 5.73. The number of hydrogen-bond donors (Lipinski definition) is 2. The average Bonchev–Trinajstić information content (AvgIpc) is 2.52. The Hall–Kier alpha value is -1.19. The summed E-state index contributed by atoms with van der Waals surface area (Å²) in [6.45, 7) is 3.49. The van der Waals surface area contributed by atoms with Gasteiger partial charge in [0.15, 0.2) is 0 Å². The molecule has 2 aliphatic heterocycles. The number of hydrogen-bond acceptors (Lipinski definition) is 5. The number of nitrogens with zero attached hydrogens (tertiary/aromatic N) is 1. The van der Waals surface area contributed by atoms with Gasteiger partial charge in [-0.05, 0) is 17.7 Å². The van der Waals surface area contributed by atoms with Crippen LogP contribution < -0.4 is 10.6 Å². The highest BCUT2D eigenvalue weighted by Gasteiger charge is 2.26. The first-order chi connectivity index (χ1) is 11.1. The summed E-state index contributed by atoms with van der Waals surface area (Å²) in [5, 5.41) is 5.92. The van der Waals surface area contributed by atoms with Crippen molar-refractivity contribution in [2.75, 3.05) is 39.4 Å². The molecule has 2 heterocycles. The van der Waals surface area contributed by atoms with Crippen molar-refractivity contribution in [2.24, 2.45) is 5.92 Å². The third-order valence-corrected chi connectivity index (χ3v) is 6.06. The highest BCUT2D eigenvalue weighted by atomic mass is 35.5. The summed E-state index contributed by atoms with van der Waals surface area (Å²) in [7, 11) is -3.46. The van der Waals surface area contributed by atoms with E-state index in [0.717, 1.165) is 18.7 Å². The number of carbonyl (C=O) groups is 1. The van der Waals surface area contributed by atoms with Crippen LogP contribution in [0.5, 0.6) is 0 Å². The second-order valence-corrected chi connectivity index (χ2v) is 7.67. The van der Waals surface area contributed by atoms with E-state index in [0.29, 0.717) is 32.8 Å². The maximum Gasteiger partial charge on any atom is 0.243 e. The first-order valence-corrected chi connectivity index (χ1v) is 9.16. The fraction of sp³-hybridized carbons (Fsp3) is 0.533. The van der Waals surface area contributed by atoms with Crippen LogP contribution in [0.25, 0.3) is 0 Å². The predicted molar refractivity (Wildman–Crippen MR) is 91.5 cm³/mol. The Morgan fingerprint density at radius 1 is 1.21 bits per heavy atom. The van der Waals surface area contributed by atoms with Gasteiger partial charge in [-0.15, -0.1) is 12.4 Å². The van der Waals surface area contributed by atoms with E-state index in [2.05, 4.69) is 10.6 Å². The molecule has 1 aromatic carbocycles. The van der Waals surface area contributed by atoms with Gasteiger partial charge in [0.2, 0.25) is 15.9 Å². The Bertz CT molecular complexity index is 656. The second kappa shape index (κ2) is 8.26. The largest absolute Gasteiger partial charge is 0.379 e. The fourth-order valence-corrected chi connectivity index (χ4v) is 3.93. The van der Waals surface area contributed by atoms with Gasteiger partial charge >= 0.3 is 0 Å². The quantitative estimate of drug-likeness (QED) is 0.754. The molecule has 2 N–H and O–H groups in total. The highest BCUT2D eigenvalue weighted by Crippen LogP contribution is 2.17. The highest BCUT2D eigenvalue weighted by molar-refractivity contribution is 7.89. The number of sulfonamides is 1. The Morgan fingerprint density at radius 3 is 2.38 bits per heavy atom. The molecular weight excluding hydrogens is 354 g/mol. The van der Waals surface area contributed by atoms with E-state index < -0.39 is 10.0 Å². The van der Waals surface area contributed by atoms with Gasteiger partial charge in [-0.1, -0.05) is 12.1 Å². The summed E-state index contributed by atoms with van der Waals surface area (Å²) in [5.41, 5.74) is 0.881. The lowest BCUT2D eigenvalue weighted by Crippen LogP contribution is -2.50. The number of carbonyl (C=O) groups excluding carboxylic acids is 1. The number of halogens is 1. The summed E-state index contributed by atoms with van der Waals surface area (Å²) in [6.07, 6.45) is 0. The van der Waals surface area contributed by atoms with Gasteiger partial charge < -0.3 is 15.4 Å². The van der Waals surface area contributed by atoms with Crippen molar-refractivity contribution >= 4 is 28.3 Å². The zero-order valence-corrected chi connectivity index (χ0v) is 14.9. The molecular formula is C15H22ClN3O4S. The molecule has 0 radical (unpaired) electrons. The van der Waals surface area contributed by atoms with Gasteiger partial charge in [0.25, 0.3) is 0 Å². The molecule has 134 valence electrons. The van der Waals surface area contributed by atoms with E-state index in [1.807, 2.05) is 0 Å². The van der Waals surface area contributed by atoms with Crippen LogP contribution in [0.3, 0.4) is 0 Å². The predicted octanol–water partition coefficient (Wildman–Crippen LogP) is -0.0351. The van der Waals surface area contributed by atoms with Crippen molar-refractivity contribution in [1.82, 2.24) is 14.9 Å². The van der Waals surface area contributed by atoms with Gasteiger partial charge in [-0.25, -0.2) is 8.42 Å². The van der Waals surface area contributed by atoms with Crippen molar-refractivity contribution in [2.45, 2.75) is 11.4 Å². The maximum absolute atomic E-state index is 12.5. The van der Waals surface area contributed by atoms with E-state index in [-0.39, 0.29) is 29.1 Å². The molecule has 0 aromatic heterocycles. The fourth-order valence-electron chi connectivity index (χ4n) is 2.52. The molecule has 2 fully saturated rings. The lowest BCUT2D eigenvalue weighted by atomic mass is 10.0. The van der Waals surface area contributed by atoms with Crippen LogP contribution in [0.4, 0.5) is 0 Å². The van der Waals surface area contributed by atoms with Crippen LogP contribution in [0.2, 0.25) is 0 Å². The number of nitrogens with one attached hydrogen (secondary N) is 2. The molecule has 3 rings (SSSR count). The average molecular weight is 376 g/mol. The Kier molecular flexibility index (Phi) is 6.59. The molecule has 2 saturated heterocycles. The lowest BCUT2D eigenvalue weighted by Gasteiger charge is -2.26. The van der Waals surface area contributed by atoms with Crippen LogP contribution >= 0.6 is 12.4 Å². The van der Waals surface area contributed by atoms with E-state index in [9.17, 15) is 13.2 Å². The van der Waals surface area contributed by atoms with Crippen molar-refractivity contribution in [3.05, 3.63) is 29.8 Å². The molecule has 1 amide bonds. The Morgan fingerprint density at radius 2 is 1.83 bits per heavy atom. The van der Waals surface area contributed by atoms with Gasteiger partial charge in [-0.3, -0.25) is 4.79 Å². The van der Waals surface area contributed by atoms with Crippen LogP contribution in [0.15, 0.2) is 29.2 Å². The maximum atomic E-state index is 12.5. The van der Waals surface area contributed by atoms with Crippen LogP contribution in [0, 0.1) is 5.92 Å². The molecule has 1 aromatic rings. The summed E-state index contributed by atoms with van der Waals surface area (Å²) >= 11 is 0. The van der Waals surface area contributed by atoms with E-state index in [4.69, 9.17) is 4.74 Å². The Balaban J connectivity index is 0.00000208. The number of ether oxygens (including phenoxy) is 1. The zero-order valence-electron chi connectivity index (χ0n) is 13.2. The molecule has 0 saturated carbocycles. The SMILES string of the molecule is Cl.O=C(NCc1ccc(S(=O)(=O)N2CCOCC2)cc1)C1CNC1. The first-order valence-electron chi connectivity index (χ1n) is 7.72. The molecule has 0 aliphatic carbocycles. The summed E-state index contributed by atoms with van der Waals surface area (Å²) in [4.78, 5) is 12.0. The summed E-state index contributed by atoms with van der Waals surface area (Å²) in [6, 6.07) is 6.67. The van der Waals surface area contributed by atoms with Crippen molar-refractivity contribution < 1.29 is 17.9 Å². The standard InChI is InChI=1S/C15H21N3O4S.ClH/c19-15(13-10-16-11-13)17-9-12-1-3-14(4-2-12)23(20,21)18-5-7-22-8-6-18;/h1-4,13,16H,5-11H2,(H,17,19);1H. The molecule has 0 unspecified atom stereocenters. The molecule has 2 aliphatic rings. The van der Waals surface area contributed by atoms with Crippen LogP contribution in [-0.2, 0) is 26.1 Å². The number of amides is 1. The Labute approximate surface area is 148 Å². The van der Waals surface area contributed by atoms with Crippen LogP contribution in [0.1, 0.15) is 5.56 Å². The normalized spacial score (nSPS) is 19.2. The third-order valence-electron chi connectivity index (χ3n) is 4.15. The minimum absolute atomic E-state index is 0. The molecule has 0 bridgehead atoms. The first kappa shape index (κ1) is 19.1. The van der Waals surface area contributed by atoms with Gasteiger partial charge in [0.1, 0.15) is 0 Å². The summed E-state index contributed by atoms with van der Waals surface area (Å²) in [5.74, 6) is 0.0877. The molecule has 0 atom stereocenters. The molecule has 7 nitrogen and oxygen atoms in total. The van der Waals surface area contributed by atoms with Crippen molar-refractivity contribution in [3.63, 3.8) is 0 Å². The monoisotopic (exact) mass is 375 g/mol. The number of benzene rings is 1. The smallest absolute Gasteiger partial charge is 0.243 e. The summed E-state index contributed by atoms with van der Waals surface area (Å²) < 4.78 is 31.6. The number of morpholine rings is 1. The van der Waals surface area contributed by atoms with E-state index >= 15 is 0 Å². The van der Waals surface area contributed by atoms with Crippen molar-refractivity contribution in [3.8, 4) is 0 Å². The zero-order chi connectivity index (χ0) is 16.3. The van der Waals surface area contributed by atoms with Crippen molar-refractivity contribution in [1.29, 1.82) is 0 Å². The van der Waals surface area contributed by atoms with E-state index in [1.165, 1.54) is 4.31 Å². The van der Waals surface area contributed by atoms with Crippen LogP contribution in [-0.4, -0.2) is 58.0 Å². The third kappa shape index (κ3) is 4.25. The minimum atomic E-state index is -3.46. The molecule has 9 heteroatoms. The van der Waals surface area contributed by atoms with E-state index in [1.54, 1.807) is 24.3 Å². The lowest BCUT2D eigenvalue weighted by molar-refractivity contribution is -0.126. The minimum Gasteiger partial charge on any atom is -0.379 e. The topological polar surface area (TPSA) is 87.7 Å². The van der Waals surface area contributed by atoms with Gasteiger partial charge in [-0.2, -0.15) is 4.31 Å².